The molecule has 0 aliphatic heterocycles. The molecule has 6 heteroatoms. The molecule has 0 aliphatic rings. The summed E-state index contributed by atoms with van der Waals surface area (Å²) in [5.74, 6) is -0.471. The molecule has 0 bridgehead atoms. The highest BCUT2D eigenvalue weighted by molar-refractivity contribution is 5.96. The van der Waals surface area contributed by atoms with Gasteiger partial charge in [-0.15, -0.1) is 0 Å². The first-order valence-corrected chi connectivity index (χ1v) is 3.99. The third-order valence-corrected chi connectivity index (χ3v) is 1.93. The first kappa shape index (κ1) is 10.4. The van der Waals surface area contributed by atoms with E-state index in [-0.39, 0.29) is 12.1 Å². The van der Waals surface area contributed by atoms with Crippen LogP contribution in [0.4, 0.5) is 0 Å². The van der Waals surface area contributed by atoms with E-state index in [9.17, 15) is 14.4 Å². The van der Waals surface area contributed by atoms with Gasteiger partial charge in [0, 0.05) is 20.3 Å². The molecule has 6 nitrogen and oxygen atoms in total. The van der Waals surface area contributed by atoms with Gasteiger partial charge in [-0.1, -0.05) is 0 Å². The fourth-order valence-corrected chi connectivity index (χ4v) is 1.11. The number of aryl methyl sites for hydroxylation is 1. The van der Waals surface area contributed by atoms with E-state index in [1.54, 1.807) is 0 Å². The second-order valence-corrected chi connectivity index (χ2v) is 2.93. The number of hydrogen-bond donors (Lipinski definition) is 1. The van der Waals surface area contributed by atoms with Crippen molar-refractivity contribution in [3.05, 3.63) is 32.6 Å². The Hall–Kier alpha value is -1.69. The summed E-state index contributed by atoms with van der Waals surface area (Å²) in [6.45, 7) is -0.243. The minimum absolute atomic E-state index is 0.0582. The molecule has 0 saturated heterocycles. The predicted octanol–water partition coefficient (Wildman–Crippen LogP) is -1.77. The van der Waals surface area contributed by atoms with E-state index in [1.165, 1.54) is 24.9 Å². The van der Waals surface area contributed by atoms with Gasteiger partial charge in [-0.25, -0.2) is 4.79 Å². The first-order valence-electron chi connectivity index (χ1n) is 3.99. The standard InChI is InChI=1S/C8H11N3O3/c1-10-4-5(6(12)3-9)7(13)11(2)8(10)14/h4H,3,9H2,1-2H3. The number of Topliss-reactive ketones (excluding diaryl/α,β-unsaturated/α-hetero) is 1. The van der Waals surface area contributed by atoms with Gasteiger partial charge in [-0.2, -0.15) is 0 Å². The molecule has 2 N–H and O–H groups in total. The Morgan fingerprint density at radius 3 is 2.50 bits per heavy atom. The molecule has 0 fully saturated rings. The summed E-state index contributed by atoms with van der Waals surface area (Å²) in [6.07, 6.45) is 1.21. The van der Waals surface area contributed by atoms with Crippen molar-refractivity contribution in [1.82, 2.24) is 9.13 Å². The highest BCUT2D eigenvalue weighted by Gasteiger charge is 2.12. The van der Waals surface area contributed by atoms with Gasteiger partial charge in [0.05, 0.1) is 6.54 Å². The molecule has 0 aromatic carbocycles. The number of carbonyl (C=O) groups is 1. The van der Waals surface area contributed by atoms with Crippen molar-refractivity contribution in [2.24, 2.45) is 19.8 Å². The van der Waals surface area contributed by atoms with Crippen LogP contribution in [0.1, 0.15) is 10.4 Å². The van der Waals surface area contributed by atoms with Gasteiger partial charge in [0.1, 0.15) is 5.56 Å². The SMILES string of the molecule is Cn1cc(C(=O)CN)c(=O)n(C)c1=O. The van der Waals surface area contributed by atoms with Crippen LogP contribution >= 0.6 is 0 Å². The van der Waals surface area contributed by atoms with Crippen LogP contribution in [0.5, 0.6) is 0 Å². The lowest BCUT2D eigenvalue weighted by Gasteiger charge is -2.04. The van der Waals surface area contributed by atoms with E-state index in [1.807, 2.05) is 0 Å². The number of ketones is 1. The van der Waals surface area contributed by atoms with Crippen LogP contribution in [0, 0.1) is 0 Å². The lowest BCUT2D eigenvalue weighted by Crippen LogP contribution is -2.40. The van der Waals surface area contributed by atoms with Crippen LogP contribution in [0.25, 0.3) is 0 Å². The molecule has 14 heavy (non-hydrogen) atoms. The zero-order chi connectivity index (χ0) is 10.9. The minimum atomic E-state index is -0.608. The molecule has 1 heterocycles. The summed E-state index contributed by atoms with van der Waals surface area (Å²) < 4.78 is 2.05. The minimum Gasteiger partial charge on any atom is -0.324 e. The van der Waals surface area contributed by atoms with Crippen LogP contribution in [-0.4, -0.2) is 21.5 Å². The summed E-state index contributed by atoms with van der Waals surface area (Å²) in [5, 5.41) is 0. The van der Waals surface area contributed by atoms with Crippen LogP contribution in [0.2, 0.25) is 0 Å². The Morgan fingerprint density at radius 2 is 2.00 bits per heavy atom. The molecule has 0 unspecified atom stereocenters. The molecular weight excluding hydrogens is 186 g/mol. The maximum Gasteiger partial charge on any atom is 0.330 e. The largest absolute Gasteiger partial charge is 0.330 e. The first-order chi connectivity index (χ1) is 6.49. The van der Waals surface area contributed by atoms with Crippen molar-refractivity contribution >= 4 is 5.78 Å². The molecule has 76 valence electrons. The maximum absolute atomic E-state index is 11.4. The Balaban J connectivity index is 3.57. The number of carbonyl (C=O) groups excluding carboxylic acids is 1. The van der Waals surface area contributed by atoms with Gasteiger partial charge in [0.25, 0.3) is 5.56 Å². The monoisotopic (exact) mass is 197 g/mol. The van der Waals surface area contributed by atoms with E-state index in [0.29, 0.717) is 0 Å². The lowest BCUT2D eigenvalue weighted by atomic mass is 10.2. The smallest absolute Gasteiger partial charge is 0.324 e. The van der Waals surface area contributed by atoms with Crippen LogP contribution < -0.4 is 17.0 Å². The molecule has 1 rings (SSSR count). The van der Waals surface area contributed by atoms with Gasteiger partial charge in [0.2, 0.25) is 0 Å². The second-order valence-electron chi connectivity index (χ2n) is 2.93. The molecule has 1 aromatic heterocycles. The summed E-state index contributed by atoms with van der Waals surface area (Å²) in [5.41, 5.74) is 3.99. The van der Waals surface area contributed by atoms with Crippen LogP contribution in [0.15, 0.2) is 15.8 Å². The number of nitrogens with zero attached hydrogens (tertiary/aromatic N) is 2. The lowest BCUT2D eigenvalue weighted by molar-refractivity contribution is 0.0998. The van der Waals surface area contributed by atoms with Crippen molar-refractivity contribution in [1.29, 1.82) is 0 Å². The Kier molecular flexibility index (Phi) is 2.66. The fourth-order valence-electron chi connectivity index (χ4n) is 1.11. The molecule has 0 aliphatic carbocycles. The van der Waals surface area contributed by atoms with E-state index in [2.05, 4.69) is 0 Å². The third kappa shape index (κ3) is 1.51. The second kappa shape index (κ2) is 3.59. The topological polar surface area (TPSA) is 87.1 Å². The van der Waals surface area contributed by atoms with Gasteiger partial charge < -0.3 is 10.3 Å². The molecule has 0 saturated carbocycles. The summed E-state index contributed by atoms with van der Waals surface area (Å²) in [4.78, 5) is 33.8. The van der Waals surface area contributed by atoms with E-state index in [0.717, 1.165) is 4.57 Å². The number of aromatic nitrogens is 2. The Labute approximate surface area is 79.6 Å². The average Bonchev–Trinajstić information content (AvgIpc) is 2.19. The molecule has 0 amide bonds. The average molecular weight is 197 g/mol. The Morgan fingerprint density at radius 1 is 1.43 bits per heavy atom. The quantitative estimate of drug-likeness (QED) is 0.568. The summed E-state index contributed by atoms with van der Waals surface area (Å²) in [7, 11) is 2.78. The third-order valence-electron chi connectivity index (χ3n) is 1.93. The van der Waals surface area contributed by atoms with Crippen LogP contribution in [0.3, 0.4) is 0 Å². The molecule has 0 atom stereocenters. The number of nitrogens with two attached hydrogens (primary N) is 1. The van der Waals surface area contributed by atoms with Crippen molar-refractivity contribution in [2.75, 3.05) is 6.54 Å². The summed E-state index contributed by atoms with van der Waals surface area (Å²) >= 11 is 0. The Bertz CT molecular complexity index is 484. The van der Waals surface area contributed by atoms with Gasteiger partial charge in [-0.3, -0.25) is 14.2 Å². The summed E-state index contributed by atoms with van der Waals surface area (Å²) in [6, 6.07) is 0. The molecule has 1 aromatic rings. The van der Waals surface area contributed by atoms with Gasteiger partial charge in [0.15, 0.2) is 5.78 Å². The maximum atomic E-state index is 11.4. The van der Waals surface area contributed by atoms with Crippen molar-refractivity contribution in [3.8, 4) is 0 Å². The number of rotatable bonds is 2. The normalized spacial score (nSPS) is 10.2. The highest BCUT2D eigenvalue weighted by Crippen LogP contribution is 1.88. The highest BCUT2D eigenvalue weighted by atomic mass is 16.2. The van der Waals surface area contributed by atoms with E-state index >= 15 is 0 Å². The molecule has 0 spiro atoms. The van der Waals surface area contributed by atoms with Crippen molar-refractivity contribution < 1.29 is 4.79 Å². The number of hydrogen-bond acceptors (Lipinski definition) is 4. The van der Waals surface area contributed by atoms with Crippen molar-refractivity contribution in [3.63, 3.8) is 0 Å². The van der Waals surface area contributed by atoms with E-state index in [4.69, 9.17) is 5.73 Å². The van der Waals surface area contributed by atoms with E-state index < -0.39 is 17.0 Å². The van der Waals surface area contributed by atoms with Crippen LogP contribution in [-0.2, 0) is 14.1 Å². The molecule has 0 radical (unpaired) electrons. The molecular formula is C8H11N3O3. The zero-order valence-corrected chi connectivity index (χ0v) is 7.98. The fraction of sp³-hybridized carbons (Fsp3) is 0.375. The van der Waals surface area contributed by atoms with Crippen molar-refractivity contribution in [2.45, 2.75) is 0 Å². The predicted molar refractivity (Wildman–Crippen MR) is 50.3 cm³/mol. The van der Waals surface area contributed by atoms with Gasteiger partial charge in [-0.05, 0) is 0 Å². The van der Waals surface area contributed by atoms with Gasteiger partial charge >= 0.3 is 5.69 Å². The zero-order valence-electron chi connectivity index (χ0n) is 7.98.